The second kappa shape index (κ2) is 6.51. The van der Waals surface area contributed by atoms with Crippen molar-refractivity contribution in [3.05, 3.63) is 53.9 Å². The molecule has 1 aromatic carbocycles. The van der Waals surface area contributed by atoms with Gasteiger partial charge in [-0.2, -0.15) is 18.3 Å². The van der Waals surface area contributed by atoms with Crippen LogP contribution >= 0.6 is 0 Å². The minimum atomic E-state index is -4.66. The number of aromatic nitrogens is 3. The smallest absolute Gasteiger partial charge is 0.433 e. The van der Waals surface area contributed by atoms with Crippen molar-refractivity contribution >= 4 is 17.7 Å². The predicted molar refractivity (Wildman–Crippen MR) is 86.6 cm³/mol. The first-order chi connectivity index (χ1) is 12.3. The number of carboxylic acid groups (broad SMARTS) is 1. The Balaban J connectivity index is 2.22. The highest BCUT2D eigenvalue weighted by atomic mass is 19.4. The van der Waals surface area contributed by atoms with Crippen molar-refractivity contribution in [2.75, 3.05) is 7.11 Å². The zero-order valence-electron chi connectivity index (χ0n) is 13.4. The highest BCUT2D eigenvalue weighted by Gasteiger charge is 2.35. The fourth-order valence-electron chi connectivity index (χ4n) is 2.37. The first-order valence-corrected chi connectivity index (χ1v) is 7.31. The number of carbonyl (C=O) groups is 1. The maximum atomic E-state index is 13.4. The zero-order chi connectivity index (χ0) is 18.9. The molecule has 6 nitrogen and oxygen atoms in total. The number of methoxy groups -OCH3 is 1. The van der Waals surface area contributed by atoms with Gasteiger partial charge >= 0.3 is 12.1 Å². The number of aliphatic carboxylic acids is 1. The molecule has 134 valence electrons. The van der Waals surface area contributed by atoms with Crippen LogP contribution in [0.25, 0.3) is 23.0 Å². The summed E-state index contributed by atoms with van der Waals surface area (Å²) >= 11 is 0. The van der Waals surface area contributed by atoms with Crippen LogP contribution in [0.3, 0.4) is 0 Å². The molecule has 0 saturated heterocycles. The Hall–Kier alpha value is -3.36. The summed E-state index contributed by atoms with van der Waals surface area (Å²) < 4.78 is 46.0. The van der Waals surface area contributed by atoms with Crippen molar-refractivity contribution < 1.29 is 27.8 Å². The Morgan fingerprint density at radius 1 is 1.27 bits per heavy atom. The van der Waals surface area contributed by atoms with Gasteiger partial charge in [-0.05, 0) is 36.4 Å². The second-order valence-electron chi connectivity index (χ2n) is 5.26. The predicted octanol–water partition coefficient (Wildman–Crippen LogP) is 3.52. The van der Waals surface area contributed by atoms with Gasteiger partial charge in [-0.15, -0.1) is 0 Å². The molecule has 0 atom stereocenters. The zero-order valence-corrected chi connectivity index (χ0v) is 13.4. The molecule has 0 aliphatic rings. The van der Waals surface area contributed by atoms with Gasteiger partial charge in [-0.1, -0.05) is 0 Å². The third kappa shape index (κ3) is 3.37. The number of hydrogen-bond acceptors (Lipinski definition) is 4. The van der Waals surface area contributed by atoms with E-state index in [0.29, 0.717) is 15.8 Å². The minimum Gasteiger partial charge on any atom is -0.497 e. The number of ether oxygens (including phenoxy) is 1. The lowest BCUT2D eigenvalue weighted by atomic mass is 10.1. The maximum absolute atomic E-state index is 13.4. The van der Waals surface area contributed by atoms with Gasteiger partial charge in [0.25, 0.3) is 0 Å². The van der Waals surface area contributed by atoms with E-state index in [1.54, 1.807) is 24.3 Å². The molecule has 3 rings (SSSR count). The molecule has 9 heteroatoms. The average Bonchev–Trinajstić information content (AvgIpc) is 3.01. The molecule has 0 unspecified atom stereocenters. The van der Waals surface area contributed by atoms with Crippen LogP contribution < -0.4 is 4.74 Å². The van der Waals surface area contributed by atoms with Crippen LogP contribution in [0, 0.1) is 0 Å². The van der Waals surface area contributed by atoms with Crippen LogP contribution in [0.1, 0.15) is 11.3 Å². The standard InChI is InChI=1S/C17H12F3N3O3/c1-26-12-5-2-10(3-6-12)13-8-14(17(18,19)20)23-16(22-13)11(9-21-23)4-7-15(24)25/h2-9H,1H3,(H,24,25)/b7-4+. The fraction of sp³-hybridized carbons (Fsp3) is 0.118. The molecule has 0 aliphatic heterocycles. The molecule has 26 heavy (non-hydrogen) atoms. The molecule has 2 aromatic heterocycles. The van der Waals surface area contributed by atoms with E-state index in [-0.39, 0.29) is 16.9 Å². The lowest BCUT2D eigenvalue weighted by molar-refractivity contribution is -0.142. The molecular weight excluding hydrogens is 351 g/mol. The largest absolute Gasteiger partial charge is 0.497 e. The summed E-state index contributed by atoms with van der Waals surface area (Å²) in [6.07, 6.45) is -1.57. The van der Waals surface area contributed by atoms with Crippen LogP contribution in [0.2, 0.25) is 0 Å². The van der Waals surface area contributed by atoms with E-state index in [0.717, 1.165) is 24.4 Å². The van der Waals surface area contributed by atoms with E-state index < -0.39 is 17.8 Å². The minimum absolute atomic E-state index is 0.0814. The molecule has 0 amide bonds. The lowest BCUT2D eigenvalue weighted by Gasteiger charge is -2.11. The Morgan fingerprint density at radius 2 is 1.96 bits per heavy atom. The SMILES string of the molecule is COc1ccc(-c2cc(C(F)(F)F)n3ncc(/C=C/C(=O)O)c3n2)cc1. The van der Waals surface area contributed by atoms with Gasteiger partial charge < -0.3 is 9.84 Å². The van der Waals surface area contributed by atoms with Crippen molar-refractivity contribution in [1.82, 2.24) is 14.6 Å². The Labute approximate surface area is 145 Å². The third-order valence-corrected chi connectivity index (χ3v) is 3.58. The van der Waals surface area contributed by atoms with Crippen molar-refractivity contribution in [3.8, 4) is 17.0 Å². The molecule has 0 aliphatic carbocycles. The van der Waals surface area contributed by atoms with E-state index in [2.05, 4.69) is 10.1 Å². The Bertz CT molecular complexity index is 992. The van der Waals surface area contributed by atoms with Gasteiger partial charge in [-0.3, -0.25) is 0 Å². The van der Waals surface area contributed by atoms with Crippen molar-refractivity contribution in [1.29, 1.82) is 0 Å². The maximum Gasteiger partial charge on any atom is 0.433 e. The summed E-state index contributed by atoms with van der Waals surface area (Å²) in [6.45, 7) is 0. The average molecular weight is 363 g/mol. The first kappa shape index (κ1) is 17.5. The number of rotatable bonds is 4. The quantitative estimate of drug-likeness (QED) is 0.718. The van der Waals surface area contributed by atoms with Crippen molar-refractivity contribution in [2.24, 2.45) is 0 Å². The molecule has 0 spiro atoms. The number of benzene rings is 1. The van der Waals surface area contributed by atoms with E-state index in [1.807, 2.05) is 0 Å². The molecule has 1 N–H and O–H groups in total. The van der Waals surface area contributed by atoms with Crippen molar-refractivity contribution in [2.45, 2.75) is 6.18 Å². The van der Waals surface area contributed by atoms with E-state index in [9.17, 15) is 18.0 Å². The van der Waals surface area contributed by atoms with Crippen LogP contribution in [-0.2, 0) is 11.0 Å². The number of fused-ring (bicyclic) bond motifs is 1. The summed E-state index contributed by atoms with van der Waals surface area (Å²) in [5.41, 5.74) is -0.411. The topological polar surface area (TPSA) is 76.7 Å². The lowest BCUT2D eigenvalue weighted by Crippen LogP contribution is -2.13. The van der Waals surface area contributed by atoms with Gasteiger partial charge in [-0.25, -0.2) is 14.3 Å². The number of hydrogen-bond donors (Lipinski definition) is 1. The second-order valence-corrected chi connectivity index (χ2v) is 5.26. The summed E-state index contributed by atoms with van der Waals surface area (Å²) in [4.78, 5) is 14.9. The van der Waals surface area contributed by atoms with E-state index >= 15 is 0 Å². The number of carboxylic acids is 1. The Morgan fingerprint density at radius 3 is 2.54 bits per heavy atom. The van der Waals surface area contributed by atoms with Crippen LogP contribution in [0.15, 0.2) is 42.6 Å². The van der Waals surface area contributed by atoms with Crippen molar-refractivity contribution in [3.63, 3.8) is 0 Å². The Kier molecular flexibility index (Phi) is 4.37. The number of alkyl halides is 3. The van der Waals surface area contributed by atoms with Gasteiger partial charge in [0.1, 0.15) is 5.75 Å². The van der Waals surface area contributed by atoms with E-state index in [4.69, 9.17) is 9.84 Å². The highest BCUT2D eigenvalue weighted by Crippen LogP contribution is 2.33. The van der Waals surface area contributed by atoms with Gasteiger partial charge in [0.2, 0.25) is 0 Å². The molecule has 0 saturated carbocycles. The molecule has 3 aromatic rings. The van der Waals surface area contributed by atoms with Gasteiger partial charge in [0.15, 0.2) is 11.3 Å². The third-order valence-electron chi connectivity index (χ3n) is 3.58. The highest BCUT2D eigenvalue weighted by molar-refractivity contribution is 5.87. The molecule has 0 radical (unpaired) electrons. The number of halogens is 3. The van der Waals surface area contributed by atoms with Crippen LogP contribution in [-0.4, -0.2) is 32.8 Å². The van der Waals surface area contributed by atoms with Gasteiger partial charge in [0.05, 0.1) is 19.0 Å². The summed E-state index contributed by atoms with van der Waals surface area (Å²) in [5, 5.41) is 12.4. The molecule has 0 bridgehead atoms. The van der Waals surface area contributed by atoms with Crippen LogP contribution in [0.4, 0.5) is 13.2 Å². The molecular formula is C17H12F3N3O3. The molecule has 0 fully saturated rings. The number of nitrogens with zero attached hydrogens (tertiary/aromatic N) is 3. The summed E-state index contributed by atoms with van der Waals surface area (Å²) in [7, 11) is 1.48. The van der Waals surface area contributed by atoms with E-state index in [1.165, 1.54) is 7.11 Å². The summed E-state index contributed by atoms with van der Waals surface area (Å²) in [6, 6.07) is 7.28. The van der Waals surface area contributed by atoms with Gasteiger partial charge in [0, 0.05) is 17.2 Å². The normalized spacial score (nSPS) is 12.0. The van der Waals surface area contributed by atoms with Crippen LogP contribution in [0.5, 0.6) is 5.75 Å². The fourth-order valence-corrected chi connectivity index (χ4v) is 2.37. The first-order valence-electron chi connectivity index (χ1n) is 7.31. The molecule has 2 heterocycles. The summed E-state index contributed by atoms with van der Waals surface area (Å²) in [5.74, 6) is -0.674. The monoisotopic (exact) mass is 363 g/mol.